The number of Topliss-reactive ketones (excluding diaryl/α,β-unsaturated/α-hetero) is 1. The summed E-state index contributed by atoms with van der Waals surface area (Å²) in [5.74, 6) is -0.470. The topological polar surface area (TPSA) is 94.9 Å². The maximum atomic E-state index is 11.2. The monoisotopic (exact) mass is 305 g/mol. The zero-order valence-corrected chi connectivity index (χ0v) is 12.8. The Kier molecular flexibility index (Phi) is 9.38. The molecule has 0 spiro atoms. The highest BCUT2D eigenvalue weighted by Crippen LogP contribution is 2.34. The molecule has 1 amide bonds. The standard InChI is InChI=1S/C13H24NO5P/c1-3-13(16)14(2)10-8-6-4-5-7-9-12(15)11-20(17,18)19/h3H,1,4-11H2,2H3,(H2,17,18,19). The van der Waals surface area contributed by atoms with E-state index in [0.29, 0.717) is 13.0 Å². The minimum Gasteiger partial charge on any atom is -0.342 e. The average molecular weight is 305 g/mol. The van der Waals surface area contributed by atoms with Crippen LogP contribution in [0.3, 0.4) is 0 Å². The predicted molar refractivity (Wildman–Crippen MR) is 77.5 cm³/mol. The Hall–Kier alpha value is -0.970. The quantitative estimate of drug-likeness (QED) is 0.344. The third-order valence-electron chi connectivity index (χ3n) is 2.88. The molecule has 0 aromatic heterocycles. The second-order valence-electron chi connectivity index (χ2n) is 4.84. The van der Waals surface area contributed by atoms with Crippen molar-refractivity contribution in [1.29, 1.82) is 0 Å². The number of nitrogens with zero attached hydrogens (tertiary/aromatic N) is 1. The van der Waals surface area contributed by atoms with Crippen LogP contribution in [0.25, 0.3) is 0 Å². The fourth-order valence-electron chi connectivity index (χ4n) is 1.78. The van der Waals surface area contributed by atoms with Gasteiger partial charge in [0.15, 0.2) is 0 Å². The van der Waals surface area contributed by atoms with E-state index in [9.17, 15) is 14.2 Å². The number of carbonyl (C=O) groups excluding carboxylic acids is 2. The first-order valence-corrected chi connectivity index (χ1v) is 8.50. The molecule has 0 heterocycles. The van der Waals surface area contributed by atoms with Gasteiger partial charge in [0.1, 0.15) is 11.9 Å². The highest BCUT2D eigenvalue weighted by Gasteiger charge is 2.18. The summed E-state index contributed by atoms with van der Waals surface area (Å²) in [5, 5.41) is 0. The molecule has 20 heavy (non-hydrogen) atoms. The first-order chi connectivity index (χ1) is 9.26. The van der Waals surface area contributed by atoms with Crippen LogP contribution in [-0.4, -0.2) is 46.1 Å². The molecule has 0 rings (SSSR count). The molecule has 0 bridgehead atoms. The van der Waals surface area contributed by atoms with Crippen molar-refractivity contribution in [3.63, 3.8) is 0 Å². The van der Waals surface area contributed by atoms with E-state index in [2.05, 4.69) is 6.58 Å². The Morgan fingerprint density at radius 3 is 2.25 bits per heavy atom. The molecule has 0 aliphatic heterocycles. The third kappa shape index (κ3) is 10.9. The van der Waals surface area contributed by atoms with Crippen LogP contribution in [0.4, 0.5) is 0 Å². The number of unbranched alkanes of at least 4 members (excludes halogenated alkanes) is 4. The largest absolute Gasteiger partial charge is 0.342 e. The van der Waals surface area contributed by atoms with Crippen LogP contribution in [0.1, 0.15) is 38.5 Å². The van der Waals surface area contributed by atoms with Crippen LogP contribution >= 0.6 is 7.60 Å². The molecule has 0 atom stereocenters. The van der Waals surface area contributed by atoms with Crippen molar-refractivity contribution in [2.24, 2.45) is 0 Å². The van der Waals surface area contributed by atoms with Crippen molar-refractivity contribution in [2.75, 3.05) is 19.8 Å². The zero-order chi connectivity index (χ0) is 15.6. The fraction of sp³-hybridized carbons (Fsp3) is 0.692. The van der Waals surface area contributed by atoms with E-state index in [1.165, 1.54) is 6.08 Å². The van der Waals surface area contributed by atoms with E-state index < -0.39 is 13.8 Å². The molecule has 0 saturated heterocycles. The molecule has 0 saturated carbocycles. The molecule has 6 nitrogen and oxygen atoms in total. The van der Waals surface area contributed by atoms with Crippen LogP contribution in [0.15, 0.2) is 12.7 Å². The van der Waals surface area contributed by atoms with Crippen LogP contribution < -0.4 is 0 Å². The van der Waals surface area contributed by atoms with Gasteiger partial charge in [-0.05, 0) is 18.9 Å². The van der Waals surface area contributed by atoms with Gasteiger partial charge in [0.25, 0.3) is 0 Å². The summed E-state index contributed by atoms with van der Waals surface area (Å²) in [4.78, 5) is 41.2. The number of rotatable bonds is 11. The summed E-state index contributed by atoms with van der Waals surface area (Å²) in [5.41, 5.74) is 0. The molecule has 0 radical (unpaired) electrons. The Balaban J connectivity index is 3.50. The number of ketones is 1. The number of likely N-dealkylation sites (N-methyl/N-ethyl adjacent to an activating group) is 1. The maximum Gasteiger partial charge on any atom is 0.332 e. The Bertz CT molecular complexity index is 377. The Labute approximate surface area is 120 Å². The molecule has 0 unspecified atom stereocenters. The van der Waals surface area contributed by atoms with Crippen LogP contribution in [0.5, 0.6) is 0 Å². The highest BCUT2D eigenvalue weighted by molar-refractivity contribution is 7.52. The number of hydrogen-bond acceptors (Lipinski definition) is 3. The summed E-state index contributed by atoms with van der Waals surface area (Å²) < 4.78 is 10.6. The summed E-state index contributed by atoms with van der Waals surface area (Å²) in [6, 6.07) is 0. The van der Waals surface area contributed by atoms with E-state index in [-0.39, 0.29) is 18.1 Å². The van der Waals surface area contributed by atoms with Gasteiger partial charge in [-0.3, -0.25) is 14.2 Å². The molecule has 0 fully saturated rings. The van der Waals surface area contributed by atoms with Gasteiger partial charge in [-0.15, -0.1) is 0 Å². The van der Waals surface area contributed by atoms with Crippen LogP contribution in [0.2, 0.25) is 0 Å². The van der Waals surface area contributed by atoms with E-state index in [1.54, 1.807) is 11.9 Å². The van der Waals surface area contributed by atoms with Crippen molar-refractivity contribution >= 4 is 19.3 Å². The molecule has 7 heteroatoms. The molecule has 0 aromatic carbocycles. The van der Waals surface area contributed by atoms with Crippen molar-refractivity contribution in [2.45, 2.75) is 38.5 Å². The number of amides is 1. The van der Waals surface area contributed by atoms with Gasteiger partial charge < -0.3 is 14.7 Å². The van der Waals surface area contributed by atoms with E-state index in [4.69, 9.17) is 9.79 Å². The van der Waals surface area contributed by atoms with Gasteiger partial charge in [-0.2, -0.15) is 0 Å². The van der Waals surface area contributed by atoms with Gasteiger partial charge in [-0.1, -0.05) is 25.8 Å². The number of carbonyl (C=O) groups is 2. The minimum atomic E-state index is -4.21. The third-order valence-corrected chi connectivity index (χ3v) is 3.65. The molecular formula is C13H24NO5P. The van der Waals surface area contributed by atoms with Crippen LogP contribution in [-0.2, 0) is 14.2 Å². The molecule has 0 aromatic rings. The van der Waals surface area contributed by atoms with Gasteiger partial charge >= 0.3 is 7.60 Å². The molecular weight excluding hydrogens is 281 g/mol. The summed E-state index contributed by atoms with van der Waals surface area (Å²) in [6.07, 6.45) is 5.16. The Morgan fingerprint density at radius 2 is 1.70 bits per heavy atom. The lowest BCUT2D eigenvalue weighted by molar-refractivity contribution is -0.124. The molecule has 116 valence electrons. The summed E-state index contributed by atoms with van der Waals surface area (Å²) >= 11 is 0. The van der Waals surface area contributed by atoms with Gasteiger partial charge in [0.2, 0.25) is 5.91 Å². The Morgan fingerprint density at radius 1 is 1.15 bits per heavy atom. The zero-order valence-electron chi connectivity index (χ0n) is 12.0. The van der Waals surface area contributed by atoms with Gasteiger partial charge in [0.05, 0.1) is 0 Å². The van der Waals surface area contributed by atoms with E-state index in [0.717, 1.165) is 25.7 Å². The normalized spacial score (nSPS) is 11.2. The van der Waals surface area contributed by atoms with Crippen molar-refractivity contribution in [3.8, 4) is 0 Å². The second kappa shape index (κ2) is 9.86. The predicted octanol–water partition coefficient (Wildman–Crippen LogP) is 1.72. The van der Waals surface area contributed by atoms with E-state index >= 15 is 0 Å². The van der Waals surface area contributed by atoms with Crippen molar-refractivity contribution < 1.29 is 23.9 Å². The molecule has 2 N–H and O–H groups in total. The number of hydrogen-bond donors (Lipinski definition) is 2. The summed E-state index contributed by atoms with van der Waals surface area (Å²) in [7, 11) is -2.48. The molecule has 0 aliphatic rings. The maximum absolute atomic E-state index is 11.2. The first-order valence-electron chi connectivity index (χ1n) is 6.70. The first kappa shape index (κ1) is 19.0. The summed E-state index contributed by atoms with van der Waals surface area (Å²) in [6.45, 7) is 4.10. The lowest BCUT2D eigenvalue weighted by atomic mass is 10.1. The van der Waals surface area contributed by atoms with Gasteiger partial charge in [0, 0.05) is 20.0 Å². The fourth-order valence-corrected chi connectivity index (χ4v) is 2.39. The second-order valence-corrected chi connectivity index (χ2v) is 6.49. The SMILES string of the molecule is C=CC(=O)N(C)CCCCCCCC(=O)CP(=O)(O)O. The van der Waals surface area contributed by atoms with Crippen LogP contribution in [0, 0.1) is 0 Å². The van der Waals surface area contributed by atoms with Gasteiger partial charge in [-0.25, -0.2) is 0 Å². The molecule has 0 aliphatic carbocycles. The van der Waals surface area contributed by atoms with E-state index in [1.807, 2.05) is 0 Å². The van der Waals surface area contributed by atoms with Crippen molar-refractivity contribution in [1.82, 2.24) is 4.90 Å². The minimum absolute atomic E-state index is 0.0898. The van der Waals surface area contributed by atoms with Crippen molar-refractivity contribution in [3.05, 3.63) is 12.7 Å². The smallest absolute Gasteiger partial charge is 0.332 e. The highest BCUT2D eigenvalue weighted by atomic mass is 31.2. The average Bonchev–Trinajstić information content (AvgIpc) is 2.34. The lowest BCUT2D eigenvalue weighted by Gasteiger charge is -2.14. The lowest BCUT2D eigenvalue weighted by Crippen LogP contribution is -2.25.